The molecule has 1 heterocycles. The average Bonchev–Trinajstić information content (AvgIpc) is 2.72. The van der Waals surface area contributed by atoms with Gasteiger partial charge in [-0.25, -0.2) is 0 Å². The SMILES string of the molecule is C.C.COc1cc2c(cc1C(C)(C)C)c(C(=O)C(N)=O)cn2C. The summed E-state index contributed by atoms with van der Waals surface area (Å²) in [7, 11) is 3.44. The second-order valence-corrected chi connectivity index (χ2v) is 6.17. The van der Waals surface area contributed by atoms with Gasteiger partial charge in [-0.05, 0) is 11.5 Å². The minimum Gasteiger partial charge on any atom is -0.496 e. The van der Waals surface area contributed by atoms with E-state index >= 15 is 0 Å². The topological polar surface area (TPSA) is 74.3 Å². The number of methoxy groups -OCH3 is 1. The third-order valence-electron chi connectivity index (χ3n) is 3.59. The summed E-state index contributed by atoms with van der Waals surface area (Å²) >= 11 is 0. The number of fused-ring (bicyclic) bond motifs is 1. The Morgan fingerprint density at radius 1 is 1.17 bits per heavy atom. The maximum atomic E-state index is 12.0. The Morgan fingerprint density at radius 3 is 2.17 bits per heavy atom. The molecule has 0 aliphatic carbocycles. The predicted octanol–water partition coefficient (Wildman–Crippen LogP) is 3.42. The van der Waals surface area contributed by atoms with Gasteiger partial charge in [-0.1, -0.05) is 35.6 Å². The molecule has 0 aliphatic rings. The number of ether oxygens (including phenoxy) is 1. The van der Waals surface area contributed by atoms with Crippen molar-refractivity contribution in [3.63, 3.8) is 0 Å². The lowest BCUT2D eigenvalue weighted by Gasteiger charge is -2.22. The van der Waals surface area contributed by atoms with E-state index in [0.29, 0.717) is 10.9 Å². The maximum absolute atomic E-state index is 12.0. The zero-order chi connectivity index (χ0) is 15.9. The van der Waals surface area contributed by atoms with Crippen LogP contribution in [0.2, 0.25) is 0 Å². The molecule has 0 bridgehead atoms. The second-order valence-electron chi connectivity index (χ2n) is 6.17. The molecule has 0 spiro atoms. The molecule has 1 aromatic carbocycles. The molecule has 2 aromatic rings. The summed E-state index contributed by atoms with van der Waals surface area (Å²) in [6, 6.07) is 3.79. The molecule has 0 atom stereocenters. The van der Waals surface area contributed by atoms with Gasteiger partial charge in [-0.3, -0.25) is 9.59 Å². The van der Waals surface area contributed by atoms with E-state index in [1.54, 1.807) is 17.9 Å². The normalized spacial score (nSPS) is 10.7. The van der Waals surface area contributed by atoms with Crippen molar-refractivity contribution in [3.05, 3.63) is 29.5 Å². The van der Waals surface area contributed by atoms with Crippen molar-refractivity contribution in [3.8, 4) is 5.75 Å². The van der Waals surface area contributed by atoms with Crippen LogP contribution >= 0.6 is 0 Å². The van der Waals surface area contributed by atoms with Crippen LogP contribution in [-0.4, -0.2) is 23.4 Å². The van der Waals surface area contributed by atoms with Crippen LogP contribution in [0.4, 0.5) is 0 Å². The Balaban J connectivity index is 0.00000242. The van der Waals surface area contributed by atoms with Gasteiger partial charge in [0, 0.05) is 30.3 Å². The van der Waals surface area contributed by atoms with E-state index in [9.17, 15) is 9.59 Å². The smallest absolute Gasteiger partial charge is 0.289 e. The molecule has 0 radical (unpaired) electrons. The van der Waals surface area contributed by atoms with Crippen molar-refractivity contribution < 1.29 is 14.3 Å². The van der Waals surface area contributed by atoms with Crippen LogP contribution in [0.5, 0.6) is 5.75 Å². The molecule has 2 N–H and O–H groups in total. The molecule has 5 nitrogen and oxygen atoms in total. The highest BCUT2D eigenvalue weighted by Crippen LogP contribution is 2.36. The number of nitrogens with two attached hydrogens (primary N) is 1. The molecule has 0 fully saturated rings. The first kappa shape index (κ1) is 20.7. The predicted molar refractivity (Wildman–Crippen MR) is 95.2 cm³/mol. The second kappa shape index (κ2) is 6.86. The van der Waals surface area contributed by atoms with E-state index in [1.165, 1.54) is 0 Å². The Hall–Kier alpha value is -2.30. The van der Waals surface area contributed by atoms with E-state index in [1.807, 2.05) is 19.2 Å². The lowest BCUT2D eigenvalue weighted by atomic mass is 9.85. The third kappa shape index (κ3) is 3.55. The van der Waals surface area contributed by atoms with Gasteiger partial charge in [-0.15, -0.1) is 0 Å². The number of amides is 1. The van der Waals surface area contributed by atoms with E-state index in [-0.39, 0.29) is 20.3 Å². The van der Waals surface area contributed by atoms with Crippen LogP contribution in [-0.2, 0) is 17.3 Å². The maximum Gasteiger partial charge on any atom is 0.289 e. The molecule has 5 heteroatoms. The third-order valence-corrected chi connectivity index (χ3v) is 3.59. The highest BCUT2D eigenvalue weighted by molar-refractivity contribution is 6.44. The van der Waals surface area contributed by atoms with Crippen molar-refractivity contribution in [1.29, 1.82) is 0 Å². The Kier molecular flexibility index (Phi) is 6.17. The first-order valence-electron chi connectivity index (χ1n) is 6.68. The largest absolute Gasteiger partial charge is 0.496 e. The summed E-state index contributed by atoms with van der Waals surface area (Å²) in [6.07, 6.45) is 1.63. The number of aromatic nitrogens is 1. The molecule has 1 aromatic heterocycles. The lowest BCUT2D eigenvalue weighted by Crippen LogP contribution is -2.23. The van der Waals surface area contributed by atoms with Gasteiger partial charge >= 0.3 is 0 Å². The summed E-state index contributed by atoms with van der Waals surface area (Å²) in [6.45, 7) is 6.19. The van der Waals surface area contributed by atoms with Gasteiger partial charge in [0.2, 0.25) is 0 Å². The van der Waals surface area contributed by atoms with Gasteiger partial charge < -0.3 is 15.0 Å². The molecule has 0 saturated carbocycles. The van der Waals surface area contributed by atoms with Gasteiger partial charge in [0.05, 0.1) is 18.2 Å². The minimum absolute atomic E-state index is 0. The zero-order valence-electron chi connectivity index (χ0n) is 13.0. The average molecular weight is 320 g/mol. The summed E-state index contributed by atoms with van der Waals surface area (Å²) in [5, 5.41) is 0.715. The number of hydrogen-bond donors (Lipinski definition) is 1. The molecule has 0 saturated heterocycles. The molecule has 23 heavy (non-hydrogen) atoms. The van der Waals surface area contributed by atoms with Crippen molar-refractivity contribution in [2.75, 3.05) is 7.11 Å². The summed E-state index contributed by atoms with van der Waals surface area (Å²) in [5.41, 5.74) is 7.10. The van der Waals surface area contributed by atoms with E-state index in [4.69, 9.17) is 10.5 Å². The Labute approximate surface area is 138 Å². The number of aryl methyl sites for hydroxylation is 1. The fourth-order valence-electron chi connectivity index (χ4n) is 2.48. The summed E-state index contributed by atoms with van der Waals surface area (Å²) < 4.78 is 7.25. The fraction of sp³-hybridized carbons (Fsp3) is 0.444. The highest BCUT2D eigenvalue weighted by Gasteiger charge is 2.24. The van der Waals surface area contributed by atoms with Crippen LogP contribution in [0.15, 0.2) is 18.3 Å². The summed E-state index contributed by atoms with van der Waals surface area (Å²) in [4.78, 5) is 23.2. The fourth-order valence-corrected chi connectivity index (χ4v) is 2.48. The molecule has 1 amide bonds. The van der Waals surface area contributed by atoms with Crippen LogP contribution < -0.4 is 10.5 Å². The first-order valence-corrected chi connectivity index (χ1v) is 6.68. The van der Waals surface area contributed by atoms with Gasteiger partial charge in [0.25, 0.3) is 11.7 Å². The zero-order valence-corrected chi connectivity index (χ0v) is 13.0. The number of nitrogens with zero attached hydrogens (tertiary/aromatic N) is 1. The molecule has 0 unspecified atom stereocenters. The number of carbonyl (C=O) groups excluding carboxylic acids is 2. The summed E-state index contributed by atoms with van der Waals surface area (Å²) in [5.74, 6) is -0.865. The van der Waals surface area contributed by atoms with Crippen molar-refractivity contribution in [2.45, 2.75) is 41.0 Å². The van der Waals surface area contributed by atoms with Crippen molar-refractivity contribution in [2.24, 2.45) is 12.8 Å². The number of rotatable bonds is 3. The van der Waals surface area contributed by atoms with E-state index < -0.39 is 11.7 Å². The molecule has 128 valence electrons. The molecular weight excluding hydrogens is 292 g/mol. The number of ketones is 1. The number of Topliss-reactive ketones (excluding diaryl/α,β-unsaturated/α-hetero) is 1. The van der Waals surface area contributed by atoms with Crippen molar-refractivity contribution in [1.82, 2.24) is 4.57 Å². The van der Waals surface area contributed by atoms with Crippen LogP contribution in [0.3, 0.4) is 0 Å². The highest BCUT2D eigenvalue weighted by atomic mass is 16.5. The Bertz CT molecular complexity index is 737. The van der Waals surface area contributed by atoms with Crippen LogP contribution in [0, 0.1) is 0 Å². The quantitative estimate of drug-likeness (QED) is 0.695. The number of primary amides is 1. The molecule has 2 rings (SSSR count). The first-order chi connectivity index (χ1) is 9.66. The lowest BCUT2D eigenvalue weighted by molar-refractivity contribution is -0.114. The number of carbonyl (C=O) groups is 2. The Morgan fingerprint density at radius 2 is 1.74 bits per heavy atom. The number of benzene rings is 1. The van der Waals surface area contributed by atoms with Crippen molar-refractivity contribution >= 4 is 22.6 Å². The monoisotopic (exact) mass is 320 g/mol. The number of hydrogen-bond acceptors (Lipinski definition) is 3. The van der Waals surface area contributed by atoms with E-state index in [2.05, 4.69) is 20.8 Å². The standard InChI is InChI=1S/C16H20N2O3.2CH4/c1-16(2,3)11-6-9-10(14(19)15(17)20)8-18(4)12(9)7-13(11)21-5;;/h6-8H,1-5H3,(H2,17,20);2*1H4. The molecule has 0 aliphatic heterocycles. The van der Waals surface area contributed by atoms with Gasteiger partial charge in [0.1, 0.15) is 5.75 Å². The van der Waals surface area contributed by atoms with Crippen LogP contribution in [0.1, 0.15) is 51.5 Å². The molecular formula is C18H28N2O3. The van der Waals surface area contributed by atoms with Gasteiger partial charge in [0.15, 0.2) is 0 Å². The minimum atomic E-state index is -0.948. The van der Waals surface area contributed by atoms with Crippen LogP contribution in [0.25, 0.3) is 10.9 Å². The van der Waals surface area contributed by atoms with Gasteiger partial charge in [-0.2, -0.15) is 0 Å². The van der Waals surface area contributed by atoms with E-state index in [0.717, 1.165) is 16.8 Å².